The Hall–Kier alpha value is -0.520. The SMILES string of the molecule is C#CC(CC)NC1CCN(C)C(C)C1. The summed E-state index contributed by atoms with van der Waals surface area (Å²) < 4.78 is 0. The van der Waals surface area contributed by atoms with Crippen LogP contribution in [0.15, 0.2) is 0 Å². The van der Waals surface area contributed by atoms with Crippen LogP contribution < -0.4 is 5.32 Å². The van der Waals surface area contributed by atoms with Crippen LogP contribution in [-0.2, 0) is 0 Å². The number of rotatable bonds is 3. The van der Waals surface area contributed by atoms with Crippen molar-refractivity contribution in [3.63, 3.8) is 0 Å². The summed E-state index contributed by atoms with van der Waals surface area (Å²) in [6, 6.07) is 1.55. The molecule has 1 aliphatic rings. The summed E-state index contributed by atoms with van der Waals surface area (Å²) >= 11 is 0. The van der Waals surface area contributed by atoms with Crippen LogP contribution in [0.3, 0.4) is 0 Å². The van der Waals surface area contributed by atoms with Gasteiger partial charge in [0, 0.05) is 12.1 Å². The fraction of sp³-hybridized carbons (Fsp3) is 0.833. The summed E-state index contributed by atoms with van der Waals surface area (Å²) in [5, 5.41) is 3.54. The summed E-state index contributed by atoms with van der Waals surface area (Å²) in [7, 11) is 2.19. The van der Waals surface area contributed by atoms with Crippen molar-refractivity contribution >= 4 is 0 Å². The predicted octanol–water partition coefficient (Wildman–Crippen LogP) is 1.47. The molecule has 3 unspecified atom stereocenters. The summed E-state index contributed by atoms with van der Waals surface area (Å²) in [6.07, 6.45) is 8.90. The molecule has 0 bridgehead atoms. The van der Waals surface area contributed by atoms with Gasteiger partial charge in [-0.2, -0.15) is 0 Å². The van der Waals surface area contributed by atoms with E-state index in [1.54, 1.807) is 0 Å². The van der Waals surface area contributed by atoms with Gasteiger partial charge in [0.15, 0.2) is 0 Å². The van der Waals surface area contributed by atoms with Gasteiger partial charge in [-0.1, -0.05) is 12.8 Å². The largest absolute Gasteiger partial charge is 0.304 e. The maximum Gasteiger partial charge on any atom is 0.0686 e. The van der Waals surface area contributed by atoms with Gasteiger partial charge in [0.2, 0.25) is 0 Å². The van der Waals surface area contributed by atoms with Crippen molar-refractivity contribution in [2.24, 2.45) is 0 Å². The van der Waals surface area contributed by atoms with Crippen LogP contribution in [0.5, 0.6) is 0 Å². The molecule has 1 rings (SSSR count). The summed E-state index contributed by atoms with van der Waals surface area (Å²) in [5.41, 5.74) is 0. The molecule has 0 aromatic heterocycles. The van der Waals surface area contributed by atoms with Crippen molar-refractivity contribution < 1.29 is 0 Å². The Kier molecular flexibility index (Phi) is 4.44. The average molecular weight is 194 g/mol. The number of piperidine rings is 1. The molecule has 0 aromatic carbocycles. The molecule has 1 N–H and O–H groups in total. The van der Waals surface area contributed by atoms with E-state index in [9.17, 15) is 0 Å². The highest BCUT2D eigenvalue weighted by Gasteiger charge is 2.23. The molecule has 0 aliphatic carbocycles. The van der Waals surface area contributed by atoms with E-state index in [1.165, 1.54) is 19.4 Å². The molecule has 1 fully saturated rings. The fourth-order valence-corrected chi connectivity index (χ4v) is 2.01. The third-order valence-electron chi connectivity index (χ3n) is 3.25. The molecule has 0 saturated carbocycles. The number of likely N-dealkylation sites (tertiary alicyclic amines) is 1. The molecule has 1 heterocycles. The number of hydrogen-bond acceptors (Lipinski definition) is 2. The molecule has 2 heteroatoms. The van der Waals surface area contributed by atoms with E-state index >= 15 is 0 Å². The van der Waals surface area contributed by atoms with E-state index in [0.29, 0.717) is 12.1 Å². The van der Waals surface area contributed by atoms with Crippen LogP contribution in [0.1, 0.15) is 33.1 Å². The molecule has 1 aliphatic heterocycles. The lowest BCUT2D eigenvalue weighted by Crippen LogP contribution is -2.48. The van der Waals surface area contributed by atoms with Gasteiger partial charge in [-0.25, -0.2) is 0 Å². The smallest absolute Gasteiger partial charge is 0.0686 e. The van der Waals surface area contributed by atoms with Crippen molar-refractivity contribution in [3.05, 3.63) is 0 Å². The Morgan fingerprint density at radius 1 is 1.64 bits per heavy atom. The number of terminal acetylenes is 1. The number of nitrogens with zero attached hydrogens (tertiary/aromatic N) is 1. The molecule has 0 amide bonds. The number of nitrogens with one attached hydrogen (secondary N) is 1. The molecule has 3 atom stereocenters. The average Bonchev–Trinajstić information content (AvgIpc) is 2.19. The first kappa shape index (κ1) is 11.6. The zero-order chi connectivity index (χ0) is 10.6. The Morgan fingerprint density at radius 3 is 2.86 bits per heavy atom. The Morgan fingerprint density at radius 2 is 2.36 bits per heavy atom. The van der Waals surface area contributed by atoms with Crippen molar-refractivity contribution in [2.75, 3.05) is 13.6 Å². The maximum atomic E-state index is 5.44. The highest BCUT2D eigenvalue weighted by molar-refractivity contribution is 5.00. The molecule has 14 heavy (non-hydrogen) atoms. The lowest BCUT2D eigenvalue weighted by Gasteiger charge is -2.36. The van der Waals surface area contributed by atoms with Gasteiger partial charge in [0.1, 0.15) is 0 Å². The van der Waals surface area contributed by atoms with E-state index in [-0.39, 0.29) is 6.04 Å². The summed E-state index contributed by atoms with van der Waals surface area (Å²) in [4.78, 5) is 2.41. The molecule has 1 saturated heterocycles. The van der Waals surface area contributed by atoms with Gasteiger partial charge >= 0.3 is 0 Å². The van der Waals surface area contributed by atoms with Crippen molar-refractivity contribution in [2.45, 2.75) is 51.2 Å². The third kappa shape index (κ3) is 3.01. The second kappa shape index (κ2) is 5.38. The zero-order valence-electron chi connectivity index (χ0n) is 9.59. The van der Waals surface area contributed by atoms with Crippen molar-refractivity contribution in [3.8, 4) is 12.3 Å². The summed E-state index contributed by atoms with van der Waals surface area (Å²) in [6.45, 7) is 5.60. The second-order valence-corrected chi connectivity index (χ2v) is 4.35. The first-order valence-corrected chi connectivity index (χ1v) is 5.59. The van der Waals surface area contributed by atoms with Crippen LogP contribution in [-0.4, -0.2) is 36.6 Å². The van der Waals surface area contributed by atoms with Gasteiger partial charge in [-0.05, 0) is 39.8 Å². The van der Waals surface area contributed by atoms with Crippen LogP contribution in [0.2, 0.25) is 0 Å². The predicted molar refractivity (Wildman–Crippen MR) is 61.2 cm³/mol. The molecule has 0 aromatic rings. The van der Waals surface area contributed by atoms with E-state index in [4.69, 9.17) is 6.42 Å². The van der Waals surface area contributed by atoms with E-state index in [0.717, 1.165) is 6.42 Å². The van der Waals surface area contributed by atoms with Crippen LogP contribution in [0, 0.1) is 12.3 Å². The minimum absolute atomic E-state index is 0.260. The summed E-state index contributed by atoms with van der Waals surface area (Å²) in [5.74, 6) is 2.80. The van der Waals surface area contributed by atoms with Gasteiger partial charge in [0.25, 0.3) is 0 Å². The molecular formula is C12H22N2. The first-order valence-electron chi connectivity index (χ1n) is 5.59. The van der Waals surface area contributed by atoms with E-state index < -0.39 is 0 Å². The van der Waals surface area contributed by atoms with Crippen molar-refractivity contribution in [1.82, 2.24) is 10.2 Å². The van der Waals surface area contributed by atoms with Gasteiger partial charge < -0.3 is 10.2 Å². The monoisotopic (exact) mass is 194 g/mol. The van der Waals surface area contributed by atoms with Crippen LogP contribution >= 0.6 is 0 Å². The first-order chi connectivity index (χ1) is 6.67. The third-order valence-corrected chi connectivity index (χ3v) is 3.25. The topological polar surface area (TPSA) is 15.3 Å². The Bertz CT molecular complexity index is 207. The fourth-order valence-electron chi connectivity index (χ4n) is 2.01. The van der Waals surface area contributed by atoms with E-state index in [1.807, 2.05) is 0 Å². The quantitative estimate of drug-likeness (QED) is 0.684. The Labute approximate surface area is 88.1 Å². The van der Waals surface area contributed by atoms with Gasteiger partial charge in [-0.15, -0.1) is 6.42 Å². The Balaban J connectivity index is 2.36. The van der Waals surface area contributed by atoms with Crippen molar-refractivity contribution in [1.29, 1.82) is 0 Å². The normalized spacial score (nSPS) is 31.0. The lowest BCUT2D eigenvalue weighted by atomic mass is 9.98. The zero-order valence-corrected chi connectivity index (χ0v) is 9.59. The highest BCUT2D eigenvalue weighted by Crippen LogP contribution is 2.15. The van der Waals surface area contributed by atoms with Crippen LogP contribution in [0.25, 0.3) is 0 Å². The number of hydrogen-bond donors (Lipinski definition) is 1. The van der Waals surface area contributed by atoms with Crippen LogP contribution in [0.4, 0.5) is 0 Å². The lowest BCUT2D eigenvalue weighted by molar-refractivity contribution is 0.165. The van der Waals surface area contributed by atoms with E-state index in [2.05, 4.69) is 37.0 Å². The molecule has 0 spiro atoms. The molecule has 0 radical (unpaired) electrons. The highest BCUT2D eigenvalue weighted by atomic mass is 15.1. The minimum Gasteiger partial charge on any atom is -0.304 e. The molecular weight excluding hydrogens is 172 g/mol. The molecule has 2 nitrogen and oxygen atoms in total. The second-order valence-electron chi connectivity index (χ2n) is 4.35. The minimum atomic E-state index is 0.260. The maximum absolute atomic E-state index is 5.44. The standard InChI is InChI=1S/C12H22N2/c1-5-11(6-2)13-12-7-8-14(4)10(3)9-12/h1,10-13H,6-9H2,2-4H3. The molecule has 80 valence electrons. The van der Waals surface area contributed by atoms with Gasteiger partial charge in [-0.3, -0.25) is 0 Å². The van der Waals surface area contributed by atoms with Gasteiger partial charge in [0.05, 0.1) is 6.04 Å².